The van der Waals surface area contributed by atoms with Crippen LogP contribution in [0.3, 0.4) is 0 Å². The van der Waals surface area contributed by atoms with Crippen LogP contribution in [0.4, 0.5) is 4.79 Å². The van der Waals surface area contributed by atoms with Crippen LogP contribution < -0.4 is 16.4 Å². The van der Waals surface area contributed by atoms with Crippen LogP contribution in [0.25, 0.3) is 0 Å². The topological polar surface area (TPSA) is 84.2 Å². The highest BCUT2D eigenvalue weighted by Gasteiger charge is 2.40. The maximum absolute atomic E-state index is 11.0. The van der Waals surface area contributed by atoms with E-state index >= 15 is 0 Å². The van der Waals surface area contributed by atoms with Crippen molar-refractivity contribution in [2.24, 2.45) is 11.1 Å². The summed E-state index contributed by atoms with van der Waals surface area (Å²) in [6, 6.07) is -0.795. The predicted molar refractivity (Wildman–Crippen MR) is 57.2 cm³/mol. The van der Waals surface area contributed by atoms with E-state index in [1.54, 1.807) is 0 Å². The van der Waals surface area contributed by atoms with Gasteiger partial charge in [0.2, 0.25) is 5.91 Å². The minimum absolute atomic E-state index is 0.161. The zero-order valence-electron chi connectivity index (χ0n) is 9.14. The molecule has 3 amide bonds. The van der Waals surface area contributed by atoms with Crippen LogP contribution in [-0.4, -0.2) is 25.0 Å². The van der Waals surface area contributed by atoms with Gasteiger partial charge in [0.1, 0.15) is 0 Å². The molecule has 0 aromatic carbocycles. The lowest BCUT2D eigenvalue weighted by molar-refractivity contribution is -0.119. The van der Waals surface area contributed by atoms with E-state index in [0.29, 0.717) is 5.41 Å². The number of hydrogen-bond donors (Lipinski definition) is 3. The molecule has 5 heteroatoms. The number of carbonyl (C=O) groups excluding carboxylic acids is 2. The Morgan fingerprint density at radius 3 is 2.53 bits per heavy atom. The van der Waals surface area contributed by atoms with Crippen molar-refractivity contribution in [2.75, 3.05) is 13.1 Å². The van der Waals surface area contributed by atoms with Gasteiger partial charge in [0.15, 0.2) is 0 Å². The fraction of sp³-hybridized carbons (Fsp3) is 0.800. The van der Waals surface area contributed by atoms with E-state index < -0.39 is 6.03 Å². The van der Waals surface area contributed by atoms with Gasteiger partial charge in [0.05, 0.1) is 6.54 Å². The number of rotatable bonds is 6. The monoisotopic (exact) mass is 213 g/mol. The maximum Gasteiger partial charge on any atom is 0.318 e. The number of amides is 3. The van der Waals surface area contributed by atoms with Crippen LogP contribution in [0.2, 0.25) is 0 Å². The summed E-state index contributed by atoms with van der Waals surface area (Å²) in [5.74, 6) is -0.366. The van der Waals surface area contributed by atoms with Crippen LogP contribution >= 0.6 is 0 Å². The van der Waals surface area contributed by atoms with Gasteiger partial charge in [-0.15, -0.1) is 0 Å². The Bertz CT molecular complexity index is 249. The summed E-state index contributed by atoms with van der Waals surface area (Å²) < 4.78 is 0. The second-order valence-electron chi connectivity index (χ2n) is 4.27. The molecule has 0 atom stereocenters. The lowest BCUT2D eigenvalue weighted by Crippen LogP contribution is -2.41. The molecule has 0 aromatic heterocycles. The Morgan fingerprint density at radius 2 is 2.07 bits per heavy atom. The van der Waals surface area contributed by atoms with Crippen molar-refractivity contribution >= 4 is 11.9 Å². The van der Waals surface area contributed by atoms with Gasteiger partial charge in [-0.05, 0) is 24.7 Å². The Balaban J connectivity index is 2.11. The van der Waals surface area contributed by atoms with Gasteiger partial charge < -0.3 is 11.1 Å². The van der Waals surface area contributed by atoms with Gasteiger partial charge in [-0.25, -0.2) is 4.79 Å². The normalized spacial score (nSPS) is 17.1. The van der Waals surface area contributed by atoms with Gasteiger partial charge in [0.25, 0.3) is 0 Å². The molecular weight excluding hydrogens is 194 g/mol. The van der Waals surface area contributed by atoms with Crippen molar-refractivity contribution in [2.45, 2.75) is 32.6 Å². The van der Waals surface area contributed by atoms with E-state index in [1.807, 2.05) is 5.32 Å². The molecule has 1 aliphatic carbocycles. The molecule has 0 heterocycles. The molecule has 1 rings (SSSR count). The van der Waals surface area contributed by atoms with Crippen molar-refractivity contribution in [3.05, 3.63) is 0 Å². The molecular formula is C10H19N3O2. The van der Waals surface area contributed by atoms with E-state index in [1.165, 1.54) is 25.7 Å². The molecule has 0 bridgehead atoms. The SMILES string of the molecule is CCCC1(CNCC(=O)NC(N)=O)CC1. The molecule has 0 radical (unpaired) electrons. The van der Waals surface area contributed by atoms with Crippen molar-refractivity contribution in [1.82, 2.24) is 10.6 Å². The first-order valence-corrected chi connectivity index (χ1v) is 5.38. The number of primary amides is 1. The van der Waals surface area contributed by atoms with E-state index in [4.69, 9.17) is 5.73 Å². The van der Waals surface area contributed by atoms with E-state index in [9.17, 15) is 9.59 Å². The smallest absolute Gasteiger partial charge is 0.318 e. The van der Waals surface area contributed by atoms with Gasteiger partial charge in [-0.3, -0.25) is 10.1 Å². The lowest BCUT2D eigenvalue weighted by Gasteiger charge is -2.14. The molecule has 15 heavy (non-hydrogen) atoms. The molecule has 0 spiro atoms. The zero-order valence-corrected chi connectivity index (χ0v) is 9.14. The Kier molecular flexibility index (Phi) is 4.08. The molecule has 4 N–H and O–H groups in total. The van der Waals surface area contributed by atoms with Crippen LogP contribution in [0.1, 0.15) is 32.6 Å². The molecule has 1 fully saturated rings. The third-order valence-electron chi connectivity index (χ3n) is 2.79. The van der Waals surface area contributed by atoms with Gasteiger partial charge in [-0.2, -0.15) is 0 Å². The molecule has 86 valence electrons. The van der Waals surface area contributed by atoms with Gasteiger partial charge >= 0.3 is 6.03 Å². The fourth-order valence-corrected chi connectivity index (χ4v) is 1.85. The summed E-state index contributed by atoms with van der Waals surface area (Å²) in [6.45, 7) is 3.18. The number of nitrogens with one attached hydrogen (secondary N) is 2. The summed E-state index contributed by atoms with van der Waals surface area (Å²) in [7, 11) is 0. The lowest BCUT2D eigenvalue weighted by atomic mass is 10.0. The molecule has 1 aliphatic rings. The van der Waals surface area contributed by atoms with Gasteiger partial charge in [-0.1, -0.05) is 13.3 Å². The predicted octanol–water partition coefficient (Wildman–Crippen LogP) is 0.351. The number of imide groups is 1. The average molecular weight is 213 g/mol. The van der Waals surface area contributed by atoms with Crippen molar-refractivity contribution in [3.8, 4) is 0 Å². The van der Waals surface area contributed by atoms with Crippen LogP contribution in [0.15, 0.2) is 0 Å². The molecule has 0 aromatic rings. The first kappa shape index (κ1) is 12.0. The summed E-state index contributed by atoms with van der Waals surface area (Å²) in [5, 5.41) is 5.08. The third-order valence-corrected chi connectivity index (χ3v) is 2.79. The average Bonchev–Trinajstić information content (AvgIpc) is 2.84. The Hall–Kier alpha value is -1.10. The fourth-order valence-electron chi connectivity index (χ4n) is 1.85. The summed E-state index contributed by atoms with van der Waals surface area (Å²) in [5.41, 5.74) is 5.23. The second kappa shape index (κ2) is 5.11. The third kappa shape index (κ3) is 4.29. The van der Waals surface area contributed by atoms with Crippen molar-refractivity contribution < 1.29 is 9.59 Å². The highest BCUT2D eigenvalue weighted by molar-refractivity contribution is 5.94. The maximum atomic E-state index is 11.0. The first-order chi connectivity index (χ1) is 7.08. The van der Waals surface area contributed by atoms with Crippen molar-refractivity contribution in [3.63, 3.8) is 0 Å². The molecule has 1 saturated carbocycles. The van der Waals surface area contributed by atoms with Crippen LogP contribution in [-0.2, 0) is 4.79 Å². The summed E-state index contributed by atoms with van der Waals surface area (Å²) in [6.07, 6.45) is 4.86. The first-order valence-electron chi connectivity index (χ1n) is 5.38. The van der Waals surface area contributed by atoms with E-state index in [-0.39, 0.29) is 12.5 Å². The minimum Gasteiger partial charge on any atom is -0.351 e. The minimum atomic E-state index is -0.795. The largest absolute Gasteiger partial charge is 0.351 e. The summed E-state index contributed by atoms with van der Waals surface area (Å²) in [4.78, 5) is 21.4. The highest BCUT2D eigenvalue weighted by Crippen LogP contribution is 2.48. The summed E-state index contributed by atoms with van der Waals surface area (Å²) >= 11 is 0. The Labute approximate surface area is 89.8 Å². The number of urea groups is 1. The molecule has 0 unspecified atom stereocenters. The molecule has 5 nitrogen and oxygen atoms in total. The van der Waals surface area contributed by atoms with Crippen molar-refractivity contribution in [1.29, 1.82) is 0 Å². The number of nitrogens with two attached hydrogens (primary N) is 1. The van der Waals surface area contributed by atoms with Crippen LogP contribution in [0.5, 0.6) is 0 Å². The van der Waals surface area contributed by atoms with E-state index in [2.05, 4.69) is 12.2 Å². The number of carbonyl (C=O) groups is 2. The Morgan fingerprint density at radius 1 is 1.40 bits per heavy atom. The zero-order chi connectivity index (χ0) is 11.3. The standard InChI is InChI=1S/C10H19N3O2/c1-2-3-10(4-5-10)7-12-6-8(14)13-9(11)15/h12H,2-7H2,1H3,(H3,11,13,14,15). The number of hydrogen-bond acceptors (Lipinski definition) is 3. The molecule has 0 aliphatic heterocycles. The quantitative estimate of drug-likeness (QED) is 0.595. The second-order valence-corrected chi connectivity index (χ2v) is 4.27. The van der Waals surface area contributed by atoms with Crippen LogP contribution in [0, 0.1) is 5.41 Å². The molecule has 0 saturated heterocycles. The highest BCUT2D eigenvalue weighted by atomic mass is 16.2. The van der Waals surface area contributed by atoms with Gasteiger partial charge in [0, 0.05) is 6.54 Å². The van der Waals surface area contributed by atoms with E-state index in [0.717, 1.165) is 6.54 Å².